The molecule has 0 saturated carbocycles. The Morgan fingerprint density at radius 1 is 0.872 bits per heavy atom. The van der Waals surface area contributed by atoms with E-state index in [0.29, 0.717) is 50.4 Å². The van der Waals surface area contributed by atoms with Crippen molar-refractivity contribution in [1.29, 1.82) is 0 Å². The highest BCUT2D eigenvalue weighted by Crippen LogP contribution is 2.43. The van der Waals surface area contributed by atoms with Crippen LogP contribution in [-0.2, 0) is 19.1 Å². The Morgan fingerprint density at radius 2 is 1.49 bits per heavy atom. The molecule has 0 radical (unpaired) electrons. The van der Waals surface area contributed by atoms with Crippen molar-refractivity contribution in [3.63, 3.8) is 0 Å². The predicted molar refractivity (Wildman–Crippen MR) is 150 cm³/mol. The smallest absolute Gasteiger partial charge is 0.336 e. The van der Waals surface area contributed by atoms with Crippen molar-refractivity contribution in [3.8, 4) is 22.8 Å². The number of rotatable bonds is 8. The Bertz CT molecular complexity index is 1450. The molecule has 2 N–H and O–H groups in total. The second kappa shape index (κ2) is 11.6. The molecule has 3 aromatic rings. The number of allylic oxidation sites excluding steroid dienone is 2. The SMILES string of the molecule is COC(=O)C1=C(C)NC(C)=C(C(=O)OC)C1c1ccccc1Nc1nc(-c2ccc(OC)c(OC)c2)c(C)s1. The van der Waals surface area contributed by atoms with Crippen molar-refractivity contribution in [1.82, 2.24) is 10.3 Å². The van der Waals surface area contributed by atoms with E-state index in [1.54, 1.807) is 28.1 Å². The lowest BCUT2D eigenvalue weighted by molar-refractivity contribution is -0.137. The quantitative estimate of drug-likeness (QED) is 0.354. The van der Waals surface area contributed by atoms with E-state index >= 15 is 0 Å². The van der Waals surface area contributed by atoms with Gasteiger partial charge in [0.05, 0.1) is 51.2 Å². The summed E-state index contributed by atoms with van der Waals surface area (Å²) in [7, 11) is 5.83. The molecule has 2 heterocycles. The van der Waals surface area contributed by atoms with E-state index in [4.69, 9.17) is 23.9 Å². The number of methoxy groups -OCH3 is 4. The van der Waals surface area contributed by atoms with E-state index in [-0.39, 0.29) is 0 Å². The van der Waals surface area contributed by atoms with Crippen molar-refractivity contribution in [2.45, 2.75) is 26.7 Å². The largest absolute Gasteiger partial charge is 0.493 e. The van der Waals surface area contributed by atoms with Gasteiger partial charge in [0.1, 0.15) is 0 Å². The molecule has 9 nitrogen and oxygen atoms in total. The van der Waals surface area contributed by atoms with Gasteiger partial charge in [0.25, 0.3) is 0 Å². The number of esters is 2. The van der Waals surface area contributed by atoms with Crippen molar-refractivity contribution >= 4 is 34.1 Å². The predicted octanol–water partition coefficient (Wildman–Crippen LogP) is 5.46. The number of carbonyl (C=O) groups excluding carboxylic acids is 2. The summed E-state index contributed by atoms with van der Waals surface area (Å²) in [5.74, 6) is -0.536. The highest BCUT2D eigenvalue weighted by atomic mass is 32.1. The van der Waals surface area contributed by atoms with Crippen LogP contribution in [0.25, 0.3) is 11.3 Å². The molecular formula is C29H31N3O6S. The summed E-state index contributed by atoms with van der Waals surface area (Å²) in [4.78, 5) is 31.8. The van der Waals surface area contributed by atoms with E-state index in [2.05, 4.69) is 10.6 Å². The molecule has 4 rings (SSSR count). The Balaban J connectivity index is 1.79. The first-order valence-corrected chi connectivity index (χ1v) is 13.0. The van der Waals surface area contributed by atoms with Crippen LogP contribution in [0.3, 0.4) is 0 Å². The van der Waals surface area contributed by atoms with Gasteiger partial charge in [-0.25, -0.2) is 14.6 Å². The molecule has 0 amide bonds. The molecule has 204 valence electrons. The summed E-state index contributed by atoms with van der Waals surface area (Å²) in [6, 6.07) is 13.2. The molecule has 0 aliphatic carbocycles. The standard InChI is InChI=1S/C29H31N3O6S/c1-15-23(27(33)37-6)25(24(16(2)30-15)28(34)38-7)19-10-8-9-11-20(19)31-29-32-26(17(3)39-29)18-12-13-21(35-4)22(14-18)36-5/h8-14,25,30H,1-7H3,(H,31,32). The van der Waals surface area contributed by atoms with Crippen LogP contribution in [0.15, 0.2) is 65.0 Å². The third kappa shape index (κ3) is 5.33. The van der Waals surface area contributed by atoms with Crippen molar-refractivity contribution in [2.75, 3.05) is 33.8 Å². The summed E-state index contributed by atoms with van der Waals surface area (Å²) in [5, 5.41) is 7.20. The first-order chi connectivity index (χ1) is 18.7. The highest BCUT2D eigenvalue weighted by molar-refractivity contribution is 7.16. The first kappa shape index (κ1) is 27.7. The number of thiazole rings is 1. The number of anilines is 2. The number of aromatic nitrogens is 1. The van der Waals surface area contributed by atoms with Crippen LogP contribution < -0.4 is 20.1 Å². The minimum atomic E-state index is -0.721. The number of aryl methyl sites for hydroxylation is 1. The van der Waals surface area contributed by atoms with E-state index in [9.17, 15) is 9.59 Å². The van der Waals surface area contributed by atoms with Gasteiger partial charge in [-0.05, 0) is 50.6 Å². The molecule has 39 heavy (non-hydrogen) atoms. The molecular weight excluding hydrogens is 518 g/mol. The lowest BCUT2D eigenvalue weighted by Crippen LogP contribution is -2.32. The first-order valence-electron chi connectivity index (χ1n) is 12.1. The number of nitrogens with one attached hydrogen (secondary N) is 2. The second-order valence-electron chi connectivity index (χ2n) is 8.82. The van der Waals surface area contributed by atoms with Gasteiger partial charge in [0, 0.05) is 27.5 Å². The number of para-hydroxylation sites is 1. The fourth-order valence-electron chi connectivity index (χ4n) is 4.75. The minimum absolute atomic E-state index is 0.332. The number of ether oxygens (including phenoxy) is 4. The van der Waals surface area contributed by atoms with Gasteiger partial charge < -0.3 is 29.6 Å². The van der Waals surface area contributed by atoms with Crippen LogP contribution in [0, 0.1) is 6.92 Å². The monoisotopic (exact) mass is 549 g/mol. The fraction of sp³-hybridized carbons (Fsp3) is 0.276. The van der Waals surface area contributed by atoms with Crippen LogP contribution in [-0.4, -0.2) is 45.4 Å². The Morgan fingerprint density at radius 3 is 2.08 bits per heavy atom. The Kier molecular flexibility index (Phi) is 8.25. The lowest BCUT2D eigenvalue weighted by Gasteiger charge is -2.31. The van der Waals surface area contributed by atoms with Gasteiger partial charge in [0.2, 0.25) is 0 Å². The highest BCUT2D eigenvalue weighted by Gasteiger charge is 2.38. The number of hydrogen-bond donors (Lipinski definition) is 2. The third-order valence-electron chi connectivity index (χ3n) is 6.54. The summed E-state index contributed by atoms with van der Waals surface area (Å²) >= 11 is 1.49. The van der Waals surface area contributed by atoms with Gasteiger partial charge in [-0.15, -0.1) is 11.3 Å². The molecule has 0 atom stereocenters. The Labute approximate surface area is 231 Å². The normalized spacial score (nSPS) is 13.6. The molecule has 1 aromatic heterocycles. The maximum atomic E-state index is 13.0. The van der Waals surface area contributed by atoms with Crippen molar-refractivity contribution in [3.05, 3.63) is 75.4 Å². The van der Waals surface area contributed by atoms with Gasteiger partial charge in [-0.2, -0.15) is 0 Å². The lowest BCUT2D eigenvalue weighted by atomic mass is 9.79. The number of dihydropyridines is 1. The van der Waals surface area contributed by atoms with E-state index in [0.717, 1.165) is 16.1 Å². The van der Waals surface area contributed by atoms with E-state index < -0.39 is 17.9 Å². The third-order valence-corrected chi connectivity index (χ3v) is 7.42. The minimum Gasteiger partial charge on any atom is -0.493 e. The summed E-state index contributed by atoms with van der Waals surface area (Å²) in [5.41, 5.74) is 4.97. The molecule has 1 aliphatic rings. The topological polar surface area (TPSA) is 108 Å². The zero-order chi connectivity index (χ0) is 28.3. The van der Waals surface area contributed by atoms with Gasteiger partial charge >= 0.3 is 11.9 Å². The molecule has 2 aromatic carbocycles. The molecule has 0 fully saturated rings. The molecule has 1 aliphatic heterocycles. The van der Waals surface area contributed by atoms with Crippen LogP contribution in [0.2, 0.25) is 0 Å². The van der Waals surface area contributed by atoms with Gasteiger partial charge in [-0.3, -0.25) is 0 Å². The fourth-order valence-corrected chi connectivity index (χ4v) is 5.59. The summed E-state index contributed by atoms with van der Waals surface area (Å²) in [6.07, 6.45) is 0. The van der Waals surface area contributed by atoms with Crippen molar-refractivity contribution < 1.29 is 28.5 Å². The van der Waals surface area contributed by atoms with Gasteiger partial charge in [0.15, 0.2) is 16.6 Å². The van der Waals surface area contributed by atoms with Crippen molar-refractivity contribution in [2.24, 2.45) is 0 Å². The number of nitrogens with zero attached hydrogens (tertiary/aromatic N) is 1. The maximum Gasteiger partial charge on any atom is 0.336 e. The van der Waals surface area contributed by atoms with Gasteiger partial charge in [-0.1, -0.05) is 18.2 Å². The second-order valence-corrected chi connectivity index (χ2v) is 10.0. The van der Waals surface area contributed by atoms with Crippen LogP contribution in [0.5, 0.6) is 11.5 Å². The maximum absolute atomic E-state index is 13.0. The van der Waals surface area contributed by atoms with E-state index in [1.807, 2.05) is 49.4 Å². The molecule has 0 spiro atoms. The number of hydrogen-bond acceptors (Lipinski definition) is 10. The zero-order valence-corrected chi connectivity index (χ0v) is 23.7. The molecule has 0 saturated heterocycles. The average molecular weight is 550 g/mol. The molecule has 0 bridgehead atoms. The number of benzene rings is 2. The van der Waals surface area contributed by atoms with Crippen LogP contribution in [0.1, 0.15) is 30.2 Å². The number of carbonyl (C=O) groups is 2. The zero-order valence-electron chi connectivity index (χ0n) is 22.9. The summed E-state index contributed by atoms with van der Waals surface area (Å²) in [6.45, 7) is 5.56. The van der Waals surface area contributed by atoms with Crippen LogP contribution in [0.4, 0.5) is 10.8 Å². The average Bonchev–Trinajstić information content (AvgIpc) is 3.31. The molecule has 0 unspecified atom stereocenters. The van der Waals surface area contributed by atoms with Crippen LogP contribution >= 0.6 is 11.3 Å². The van der Waals surface area contributed by atoms with E-state index in [1.165, 1.54) is 25.6 Å². The molecule has 10 heteroatoms. The Hall–Kier alpha value is -4.31. The summed E-state index contributed by atoms with van der Waals surface area (Å²) < 4.78 is 21.0.